The van der Waals surface area contributed by atoms with Crippen molar-refractivity contribution in [2.24, 2.45) is 5.92 Å². The minimum Gasteiger partial charge on any atom is -0.348 e. The van der Waals surface area contributed by atoms with Gasteiger partial charge in [-0.1, -0.05) is 25.1 Å². The summed E-state index contributed by atoms with van der Waals surface area (Å²) in [6.07, 6.45) is 1.03. The lowest BCUT2D eigenvalue weighted by molar-refractivity contribution is 0.0914. The van der Waals surface area contributed by atoms with Crippen molar-refractivity contribution in [3.05, 3.63) is 46.2 Å². The molecule has 6 heteroatoms. The third-order valence-electron chi connectivity index (χ3n) is 4.14. The molecule has 1 aromatic carbocycles. The highest BCUT2D eigenvalue weighted by Gasteiger charge is 2.24. The van der Waals surface area contributed by atoms with E-state index in [0.29, 0.717) is 5.92 Å². The second kappa shape index (κ2) is 6.94. The fourth-order valence-corrected chi connectivity index (χ4v) is 2.75. The Labute approximate surface area is 134 Å². The van der Waals surface area contributed by atoms with Crippen LogP contribution < -0.4 is 16.2 Å². The van der Waals surface area contributed by atoms with Gasteiger partial charge in [-0.2, -0.15) is 0 Å². The van der Waals surface area contributed by atoms with E-state index in [2.05, 4.69) is 22.5 Å². The number of nitrogens with one attached hydrogen (secondary N) is 3. The summed E-state index contributed by atoms with van der Waals surface area (Å²) in [5.74, 6) is 0.109. The molecular weight excluding hydrogens is 302 g/mol. The number of pyridine rings is 1. The molecule has 0 bridgehead atoms. The molecule has 2 aromatic rings. The average Bonchev–Trinajstić information content (AvgIpc) is 2.49. The van der Waals surface area contributed by atoms with Crippen molar-refractivity contribution in [3.8, 4) is 0 Å². The van der Waals surface area contributed by atoms with Crippen LogP contribution in [0.3, 0.4) is 0 Å². The molecule has 0 radical (unpaired) electrons. The number of aromatic nitrogens is 1. The van der Waals surface area contributed by atoms with E-state index in [4.69, 9.17) is 0 Å². The Morgan fingerprint density at radius 3 is 2.86 bits per heavy atom. The number of carbonyl (C=O) groups is 1. The molecule has 1 fully saturated rings. The number of aromatic amines is 1. The van der Waals surface area contributed by atoms with Crippen LogP contribution in [-0.4, -0.2) is 30.0 Å². The van der Waals surface area contributed by atoms with Crippen molar-refractivity contribution < 1.29 is 4.79 Å². The highest BCUT2D eigenvalue weighted by molar-refractivity contribution is 5.97. The van der Waals surface area contributed by atoms with Crippen LogP contribution in [-0.2, 0) is 0 Å². The smallest absolute Gasteiger partial charge is 0.261 e. The Hall–Kier alpha value is -1.85. The van der Waals surface area contributed by atoms with Crippen molar-refractivity contribution in [2.75, 3.05) is 13.1 Å². The van der Waals surface area contributed by atoms with Crippen molar-refractivity contribution in [1.29, 1.82) is 0 Å². The zero-order valence-electron chi connectivity index (χ0n) is 12.4. The van der Waals surface area contributed by atoms with Crippen LogP contribution in [0.2, 0.25) is 0 Å². The molecule has 1 amide bonds. The Kier molecular flexibility index (Phi) is 5.21. The maximum Gasteiger partial charge on any atom is 0.261 e. The van der Waals surface area contributed by atoms with E-state index in [9.17, 15) is 9.59 Å². The molecule has 0 saturated carbocycles. The fourth-order valence-electron chi connectivity index (χ4n) is 2.75. The molecule has 3 N–H and O–H groups in total. The van der Waals surface area contributed by atoms with E-state index >= 15 is 0 Å². The SMILES string of the molecule is CC1CCNCC1NC(=O)c1cc2ccccc2[nH]c1=O.Cl. The van der Waals surface area contributed by atoms with Gasteiger partial charge in [-0.25, -0.2) is 0 Å². The molecule has 0 aliphatic carbocycles. The van der Waals surface area contributed by atoms with Crippen LogP contribution in [0.1, 0.15) is 23.7 Å². The van der Waals surface area contributed by atoms with Gasteiger partial charge >= 0.3 is 0 Å². The van der Waals surface area contributed by atoms with Crippen LogP contribution in [0.15, 0.2) is 35.1 Å². The second-order valence-electron chi connectivity index (χ2n) is 5.65. The zero-order chi connectivity index (χ0) is 14.8. The summed E-state index contributed by atoms with van der Waals surface area (Å²) in [4.78, 5) is 27.2. The molecule has 2 atom stereocenters. The summed E-state index contributed by atoms with van der Waals surface area (Å²) >= 11 is 0. The molecule has 2 heterocycles. The topological polar surface area (TPSA) is 74.0 Å². The van der Waals surface area contributed by atoms with Gasteiger partial charge in [0, 0.05) is 18.1 Å². The van der Waals surface area contributed by atoms with E-state index in [1.165, 1.54) is 0 Å². The lowest BCUT2D eigenvalue weighted by Crippen LogP contribution is -2.50. The van der Waals surface area contributed by atoms with Gasteiger partial charge in [0.1, 0.15) is 5.56 Å². The molecular formula is C16H20ClN3O2. The van der Waals surface area contributed by atoms with E-state index in [1.807, 2.05) is 24.3 Å². The molecule has 22 heavy (non-hydrogen) atoms. The van der Waals surface area contributed by atoms with Gasteiger partial charge in [-0.05, 0) is 36.4 Å². The molecule has 3 rings (SSSR count). The number of H-pyrrole nitrogens is 1. The van der Waals surface area contributed by atoms with Crippen LogP contribution in [0.4, 0.5) is 0 Å². The van der Waals surface area contributed by atoms with Crippen LogP contribution >= 0.6 is 12.4 Å². The maximum atomic E-state index is 12.4. The van der Waals surface area contributed by atoms with Crippen LogP contribution in [0, 0.1) is 5.92 Å². The van der Waals surface area contributed by atoms with Gasteiger partial charge in [0.2, 0.25) is 0 Å². The molecule has 118 valence electrons. The minimum absolute atomic E-state index is 0. The predicted molar refractivity (Wildman–Crippen MR) is 89.7 cm³/mol. The minimum atomic E-state index is -0.345. The number of halogens is 1. The van der Waals surface area contributed by atoms with Crippen molar-refractivity contribution in [2.45, 2.75) is 19.4 Å². The first-order valence-corrected chi connectivity index (χ1v) is 7.29. The first kappa shape index (κ1) is 16.5. The van der Waals surface area contributed by atoms with Crippen LogP contribution in [0.25, 0.3) is 10.9 Å². The number of hydrogen-bond donors (Lipinski definition) is 3. The summed E-state index contributed by atoms with van der Waals surface area (Å²) in [6, 6.07) is 9.17. The van der Waals surface area contributed by atoms with Crippen molar-refractivity contribution >= 4 is 29.2 Å². The summed E-state index contributed by atoms with van der Waals surface area (Å²) in [5.41, 5.74) is 0.570. The Balaban J connectivity index is 0.00000176. The average molecular weight is 322 g/mol. The number of fused-ring (bicyclic) bond motifs is 1. The number of amides is 1. The van der Waals surface area contributed by atoms with E-state index in [1.54, 1.807) is 6.07 Å². The maximum absolute atomic E-state index is 12.4. The summed E-state index contributed by atoms with van der Waals surface area (Å²) in [7, 11) is 0. The predicted octanol–water partition coefficient (Wildman–Crippen LogP) is 1.68. The van der Waals surface area contributed by atoms with Gasteiger partial charge in [-0.3, -0.25) is 9.59 Å². The third kappa shape index (κ3) is 3.31. The van der Waals surface area contributed by atoms with E-state index in [0.717, 1.165) is 30.4 Å². The normalized spacial score (nSPS) is 21.1. The third-order valence-corrected chi connectivity index (χ3v) is 4.14. The molecule has 2 unspecified atom stereocenters. The van der Waals surface area contributed by atoms with Gasteiger partial charge in [0.25, 0.3) is 11.5 Å². The lowest BCUT2D eigenvalue weighted by Gasteiger charge is -2.30. The summed E-state index contributed by atoms with van der Waals surface area (Å²) in [5, 5.41) is 7.09. The largest absolute Gasteiger partial charge is 0.348 e. The highest BCUT2D eigenvalue weighted by Crippen LogP contribution is 2.13. The number of carbonyl (C=O) groups excluding carboxylic acids is 1. The summed E-state index contributed by atoms with van der Waals surface area (Å²) in [6.45, 7) is 3.85. The highest BCUT2D eigenvalue weighted by atomic mass is 35.5. The second-order valence-corrected chi connectivity index (χ2v) is 5.65. The van der Waals surface area contributed by atoms with Gasteiger partial charge in [0.05, 0.1) is 0 Å². The van der Waals surface area contributed by atoms with Gasteiger partial charge in [-0.15, -0.1) is 12.4 Å². The Morgan fingerprint density at radius 2 is 2.09 bits per heavy atom. The van der Waals surface area contributed by atoms with Crippen molar-refractivity contribution in [1.82, 2.24) is 15.6 Å². The first-order chi connectivity index (χ1) is 10.1. The number of piperidine rings is 1. The zero-order valence-corrected chi connectivity index (χ0v) is 13.2. The van der Waals surface area contributed by atoms with E-state index < -0.39 is 0 Å². The quantitative estimate of drug-likeness (QED) is 0.788. The Bertz CT molecular complexity index is 729. The fraction of sp³-hybridized carbons (Fsp3) is 0.375. The standard InChI is InChI=1S/C16H19N3O2.ClH/c1-10-6-7-17-9-14(10)19-16(21)12-8-11-4-2-3-5-13(11)18-15(12)20;/h2-5,8,10,14,17H,6-7,9H2,1H3,(H,18,20)(H,19,21);1H. The van der Waals surface area contributed by atoms with Gasteiger partial charge < -0.3 is 15.6 Å². The number of rotatable bonds is 2. The van der Waals surface area contributed by atoms with Crippen molar-refractivity contribution in [3.63, 3.8) is 0 Å². The molecule has 5 nitrogen and oxygen atoms in total. The Morgan fingerprint density at radius 1 is 1.32 bits per heavy atom. The van der Waals surface area contributed by atoms with Gasteiger partial charge in [0.15, 0.2) is 0 Å². The summed E-state index contributed by atoms with van der Waals surface area (Å²) < 4.78 is 0. The van der Waals surface area contributed by atoms with E-state index in [-0.39, 0.29) is 35.5 Å². The molecule has 1 saturated heterocycles. The molecule has 0 spiro atoms. The number of para-hydroxylation sites is 1. The monoisotopic (exact) mass is 321 g/mol. The number of benzene rings is 1. The molecule has 1 aromatic heterocycles. The molecule has 1 aliphatic rings. The first-order valence-electron chi connectivity index (χ1n) is 7.29. The molecule has 1 aliphatic heterocycles. The van der Waals surface area contributed by atoms with Crippen LogP contribution in [0.5, 0.6) is 0 Å². The lowest BCUT2D eigenvalue weighted by atomic mass is 9.94. The number of hydrogen-bond acceptors (Lipinski definition) is 3.